The molecule has 0 saturated carbocycles. The maximum Gasteiger partial charge on any atom is 0.153 e. The summed E-state index contributed by atoms with van der Waals surface area (Å²) in [5, 5.41) is 11.5. The predicted molar refractivity (Wildman–Crippen MR) is 132 cm³/mol. The van der Waals surface area contributed by atoms with E-state index in [-0.39, 0.29) is 0 Å². The van der Waals surface area contributed by atoms with E-state index in [1.807, 2.05) is 23.8 Å². The van der Waals surface area contributed by atoms with Gasteiger partial charge in [-0.3, -0.25) is 5.10 Å². The molecule has 2 N–H and O–H groups in total. The highest BCUT2D eigenvalue weighted by Gasteiger charge is 2.15. The summed E-state index contributed by atoms with van der Waals surface area (Å²) in [6.45, 7) is 8.99. The molecule has 8 nitrogen and oxygen atoms in total. The summed E-state index contributed by atoms with van der Waals surface area (Å²) in [6, 6.07) is 14.5. The van der Waals surface area contributed by atoms with Gasteiger partial charge in [0, 0.05) is 59.6 Å². The molecule has 5 rings (SSSR count). The zero-order valence-corrected chi connectivity index (χ0v) is 19.2. The van der Waals surface area contributed by atoms with Gasteiger partial charge in [-0.1, -0.05) is 18.3 Å². The predicted octanol–water partition coefficient (Wildman–Crippen LogP) is 4.67. The van der Waals surface area contributed by atoms with Crippen LogP contribution < -0.4 is 10.2 Å². The summed E-state index contributed by atoms with van der Waals surface area (Å²) in [4.78, 5) is 12.6. The van der Waals surface area contributed by atoms with E-state index in [4.69, 9.17) is 9.72 Å². The van der Waals surface area contributed by atoms with E-state index in [1.165, 1.54) is 0 Å². The molecule has 0 radical (unpaired) electrons. The van der Waals surface area contributed by atoms with Crippen LogP contribution in [0.3, 0.4) is 0 Å². The number of aromatic nitrogens is 5. The molecule has 0 aliphatic carbocycles. The number of H-pyrrole nitrogens is 1. The summed E-state index contributed by atoms with van der Waals surface area (Å²) in [5.74, 6) is 2.33. The lowest BCUT2D eigenvalue weighted by Gasteiger charge is -2.29. The van der Waals surface area contributed by atoms with Crippen LogP contribution >= 0.6 is 11.8 Å². The molecule has 3 aromatic heterocycles. The van der Waals surface area contributed by atoms with Gasteiger partial charge in [-0.15, -0.1) is 0 Å². The number of ether oxygens (including phenoxy) is 1. The van der Waals surface area contributed by atoms with Crippen molar-refractivity contribution in [2.45, 2.75) is 16.8 Å². The van der Waals surface area contributed by atoms with Gasteiger partial charge in [0.2, 0.25) is 0 Å². The summed E-state index contributed by atoms with van der Waals surface area (Å²) in [6.07, 6.45) is 5.45. The van der Waals surface area contributed by atoms with Crippen LogP contribution in [0.25, 0.3) is 11.8 Å². The molecular formula is C24H25N7OS. The monoisotopic (exact) mass is 459 g/mol. The average Bonchev–Trinajstić information content (AvgIpc) is 3.48. The van der Waals surface area contributed by atoms with Crippen molar-refractivity contribution in [3.63, 3.8) is 0 Å². The number of nitrogens with one attached hydrogen (secondary N) is 2. The number of hydrogen-bond acceptors (Lipinski definition) is 7. The van der Waals surface area contributed by atoms with Crippen LogP contribution in [0.15, 0.2) is 71.4 Å². The van der Waals surface area contributed by atoms with E-state index in [0.29, 0.717) is 0 Å². The van der Waals surface area contributed by atoms with Crippen LogP contribution in [-0.2, 0) is 4.74 Å². The Morgan fingerprint density at radius 1 is 1.09 bits per heavy atom. The van der Waals surface area contributed by atoms with Crippen molar-refractivity contribution >= 4 is 35.2 Å². The molecule has 1 fully saturated rings. The molecule has 33 heavy (non-hydrogen) atoms. The van der Waals surface area contributed by atoms with Gasteiger partial charge in [-0.2, -0.15) is 5.10 Å². The van der Waals surface area contributed by atoms with Crippen LogP contribution in [0.5, 0.6) is 0 Å². The molecule has 0 bridgehead atoms. The van der Waals surface area contributed by atoms with Crippen LogP contribution in [0.4, 0.5) is 17.3 Å². The minimum atomic E-state index is 0.731. The summed E-state index contributed by atoms with van der Waals surface area (Å²) < 4.78 is 7.54. The number of imidazole rings is 1. The zero-order valence-electron chi connectivity index (χ0n) is 18.4. The third-order valence-electron chi connectivity index (χ3n) is 5.31. The number of pyridine rings is 1. The Hall–Kier alpha value is -3.56. The fraction of sp³-hybridized carbons (Fsp3) is 0.208. The molecule has 1 aromatic carbocycles. The van der Waals surface area contributed by atoms with E-state index in [0.717, 1.165) is 70.8 Å². The normalized spacial score (nSPS) is 13.8. The van der Waals surface area contributed by atoms with Gasteiger partial charge in [0.05, 0.1) is 13.2 Å². The van der Waals surface area contributed by atoms with Crippen LogP contribution in [-0.4, -0.2) is 51.0 Å². The highest BCUT2D eigenvalue weighted by molar-refractivity contribution is 7.99. The van der Waals surface area contributed by atoms with Crippen LogP contribution in [0.2, 0.25) is 0 Å². The Morgan fingerprint density at radius 2 is 1.91 bits per heavy atom. The Bertz CT molecular complexity index is 1240. The van der Waals surface area contributed by atoms with E-state index >= 15 is 0 Å². The molecule has 1 saturated heterocycles. The van der Waals surface area contributed by atoms with Crippen molar-refractivity contribution in [2.75, 3.05) is 36.5 Å². The summed E-state index contributed by atoms with van der Waals surface area (Å²) in [7, 11) is 0. The second kappa shape index (κ2) is 9.51. The van der Waals surface area contributed by atoms with Gasteiger partial charge in [0.25, 0.3) is 0 Å². The molecular weight excluding hydrogens is 434 g/mol. The minimum Gasteiger partial charge on any atom is -0.378 e. The Labute approximate surface area is 196 Å². The third kappa shape index (κ3) is 4.94. The number of hydrogen-bond donors (Lipinski definition) is 2. The molecule has 0 spiro atoms. The van der Waals surface area contributed by atoms with Crippen molar-refractivity contribution in [1.82, 2.24) is 24.7 Å². The first kappa shape index (κ1) is 21.3. The van der Waals surface area contributed by atoms with Gasteiger partial charge in [0.1, 0.15) is 16.7 Å². The van der Waals surface area contributed by atoms with E-state index in [1.54, 1.807) is 24.0 Å². The minimum absolute atomic E-state index is 0.731. The number of nitrogens with zero attached hydrogens (tertiary/aromatic N) is 5. The number of morpholine rings is 1. The molecule has 0 atom stereocenters. The molecule has 9 heteroatoms. The topological polar surface area (TPSA) is 83.9 Å². The zero-order chi connectivity index (χ0) is 22.6. The molecule has 168 valence electrons. The highest BCUT2D eigenvalue weighted by Crippen LogP contribution is 2.32. The maximum atomic E-state index is 5.53. The number of aromatic amines is 1. The molecule has 4 heterocycles. The van der Waals surface area contributed by atoms with Crippen LogP contribution in [0.1, 0.15) is 11.5 Å². The fourth-order valence-corrected chi connectivity index (χ4v) is 4.54. The maximum absolute atomic E-state index is 5.53. The first-order valence-electron chi connectivity index (χ1n) is 10.8. The molecule has 4 aromatic rings. The van der Waals surface area contributed by atoms with E-state index in [9.17, 15) is 0 Å². The second-order valence-corrected chi connectivity index (χ2v) is 8.76. The lowest BCUT2D eigenvalue weighted by molar-refractivity contribution is 0.122. The molecule has 1 aliphatic rings. The lowest BCUT2D eigenvalue weighted by atomic mass is 10.3. The SMILES string of the molecule is C=Cc1nccn1-c1ccc(Sc2cc(N3CCOCC3)cc(Nc3cc(C)[nH]n3)n2)cc1. The quantitative estimate of drug-likeness (QED) is 0.415. The molecule has 1 aliphatic heterocycles. The molecule has 0 unspecified atom stereocenters. The highest BCUT2D eigenvalue weighted by atomic mass is 32.2. The average molecular weight is 460 g/mol. The standard InChI is InChI=1S/C24H25N7OS/c1-3-23-25-8-9-31(23)18-4-6-20(7-5-18)33-24-16-19(30-10-12-32-13-11-30)15-21(27-24)26-22-14-17(2)28-29-22/h3-9,14-16H,1,10-13H2,2H3,(H2,26,27,28,29). The third-order valence-corrected chi connectivity index (χ3v) is 6.24. The molecule has 0 amide bonds. The summed E-state index contributed by atoms with van der Waals surface area (Å²) >= 11 is 1.63. The van der Waals surface area contributed by atoms with E-state index in [2.05, 4.69) is 68.4 Å². The largest absolute Gasteiger partial charge is 0.378 e. The second-order valence-electron chi connectivity index (χ2n) is 7.66. The Kier molecular flexibility index (Phi) is 6.14. The van der Waals surface area contributed by atoms with Crippen molar-refractivity contribution in [3.8, 4) is 5.69 Å². The lowest BCUT2D eigenvalue weighted by Crippen LogP contribution is -2.36. The fourth-order valence-electron chi connectivity index (χ4n) is 3.71. The van der Waals surface area contributed by atoms with Crippen molar-refractivity contribution < 1.29 is 4.74 Å². The smallest absolute Gasteiger partial charge is 0.153 e. The van der Waals surface area contributed by atoms with Gasteiger partial charge in [-0.05, 0) is 43.3 Å². The van der Waals surface area contributed by atoms with Crippen molar-refractivity contribution in [3.05, 3.63) is 73.0 Å². The number of benzene rings is 1. The van der Waals surface area contributed by atoms with Gasteiger partial charge in [0.15, 0.2) is 5.82 Å². The van der Waals surface area contributed by atoms with Crippen LogP contribution in [0, 0.1) is 6.92 Å². The van der Waals surface area contributed by atoms with Gasteiger partial charge < -0.3 is 19.5 Å². The van der Waals surface area contributed by atoms with Gasteiger partial charge in [-0.25, -0.2) is 9.97 Å². The number of anilines is 3. The first-order chi connectivity index (χ1) is 16.2. The summed E-state index contributed by atoms with van der Waals surface area (Å²) in [5.41, 5.74) is 3.16. The Morgan fingerprint density at radius 3 is 2.64 bits per heavy atom. The Balaban J connectivity index is 1.41. The van der Waals surface area contributed by atoms with Gasteiger partial charge >= 0.3 is 0 Å². The van der Waals surface area contributed by atoms with E-state index < -0.39 is 0 Å². The van der Waals surface area contributed by atoms with Crippen molar-refractivity contribution in [1.29, 1.82) is 0 Å². The first-order valence-corrected chi connectivity index (χ1v) is 11.6. The number of aryl methyl sites for hydroxylation is 1. The van der Waals surface area contributed by atoms with Crippen molar-refractivity contribution in [2.24, 2.45) is 0 Å². The number of rotatable bonds is 7.